The van der Waals surface area contributed by atoms with Crippen LogP contribution in [0.25, 0.3) is 0 Å². The minimum atomic E-state index is -1.06. The van der Waals surface area contributed by atoms with Crippen molar-refractivity contribution in [1.29, 1.82) is 0 Å². The first-order valence-corrected chi connectivity index (χ1v) is 6.31. The van der Waals surface area contributed by atoms with Crippen LogP contribution in [0.4, 0.5) is 5.82 Å². The van der Waals surface area contributed by atoms with Gasteiger partial charge in [-0.15, -0.1) is 0 Å². The molecule has 2 N–H and O–H groups in total. The van der Waals surface area contributed by atoms with E-state index in [0.717, 1.165) is 5.75 Å². The number of carboxylic acids is 1. The molecule has 0 spiro atoms. The Morgan fingerprint density at radius 3 is 2.88 bits per heavy atom. The minimum Gasteiger partial charge on any atom is -0.476 e. The van der Waals surface area contributed by atoms with E-state index in [1.807, 2.05) is 6.26 Å². The van der Waals surface area contributed by atoms with Gasteiger partial charge in [0.1, 0.15) is 0 Å². The van der Waals surface area contributed by atoms with Crippen molar-refractivity contribution in [2.75, 3.05) is 23.9 Å². The van der Waals surface area contributed by atoms with E-state index in [9.17, 15) is 4.79 Å². The van der Waals surface area contributed by atoms with Crippen molar-refractivity contribution in [1.82, 2.24) is 9.97 Å². The third-order valence-corrected chi connectivity index (χ3v) is 2.87. The summed E-state index contributed by atoms with van der Waals surface area (Å²) in [6, 6.07) is 0. The Labute approximate surface area is 98.7 Å². The van der Waals surface area contributed by atoms with E-state index in [-0.39, 0.29) is 5.69 Å². The van der Waals surface area contributed by atoms with Gasteiger partial charge in [-0.25, -0.2) is 14.8 Å². The lowest BCUT2D eigenvalue weighted by Crippen LogP contribution is -2.17. The van der Waals surface area contributed by atoms with Crippen molar-refractivity contribution in [2.24, 2.45) is 5.92 Å². The zero-order chi connectivity index (χ0) is 12.0. The Bertz CT molecular complexity index is 360. The Balaban J connectivity index is 2.63. The molecule has 0 aliphatic heterocycles. The van der Waals surface area contributed by atoms with Crippen molar-refractivity contribution in [2.45, 2.75) is 6.92 Å². The van der Waals surface area contributed by atoms with Gasteiger partial charge < -0.3 is 10.4 Å². The number of anilines is 1. The average molecular weight is 241 g/mol. The van der Waals surface area contributed by atoms with Crippen molar-refractivity contribution >= 4 is 23.5 Å². The van der Waals surface area contributed by atoms with Crippen LogP contribution in [-0.4, -0.2) is 39.6 Å². The summed E-state index contributed by atoms with van der Waals surface area (Å²) in [5, 5.41) is 11.9. The molecule has 1 unspecified atom stereocenters. The SMILES string of the molecule is CSCC(C)CNc1nccnc1C(=O)O. The van der Waals surface area contributed by atoms with Crippen molar-refractivity contribution in [3.05, 3.63) is 18.1 Å². The van der Waals surface area contributed by atoms with Gasteiger partial charge in [0.05, 0.1) is 0 Å². The number of rotatable bonds is 6. The van der Waals surface area contributed by atoms with Gasteiger partial charge in [0.25, 0.3) is 0 Å². The first-order valence-electron chi connectivity index (χ1n) is 4.92. The molecule has 16 heavy (non-hydrogen) atoms. The molecule has 0 amide bonds. The maximum Gasteiger partial charge on any atom is 0.358 e. The summed E-state index contributed by atoms with van der Waals surface area (Å²) >= 11 is 1.76. The fraction of sp³-hybridized carbons (Fsp3) is 0.500. The molecule has 1 heterocycles. The third-order valence-electron chi connectivity index (χ3n) is 1.97. The Kier molecular flexibility index (Phi) is 5.04. The Hall–Kier alpha value is -1.30. The number of carboxylic acid groups (broad SMARTS) is 1. The fourth-order valence-corrected chi connectivity index (χ4v) is 1.93. The molecule has 0 fully saturated rings. The van der Waals surface area contributed by atoms with E-state index in [1.54, 1.807) is 11.8 Å². The standard InChI is InChI=1S/C10H15N3O2S/c1-7(6-16-2)5-13-9-8(10(14)15)11-3-4-12-9/h3-4,7H,5-6H2,1-2H3,(H,12,13)(H,14,15). The topological polar surface area (TPSA) is 75.1 Å². The summed E-state index contributed by atoms with van der Waals surface area (Å²) in [6.07, 6.45) is 4.90. The monoisotopic (exact) mass is 241 g/mol. The number of hydrogen-bond acceptors (Lipinski definition) is 5. The first-order chi connectivity index (χ1) is 7.65. The van der Waals surface area contributed by atoms with Gasteiger partial charge in [0.2, 0.25) is 0 Å². The average Bonchev–Trinajstić information content (AvgIpc) is 2.27. The number of aromatic carboxylic acids is 1. The molecule has 6 heteroatoms. The van der Waals surface area contributed by atoms with E-state index >= 15 is 0 Å². The second-order valence-corrected chi connectivity index (χ2v) is 4.41. The lowest BCUT2D eigenvalue weighted by atomic mass is 10.2. The number of nitrogens with one attached hydrogen (secondary N) is 1. The highest BCUT2D eigenvalue weighted by Crippen LogP contribution is 2.10. The summed E-state index contributed by atoms with van der Waals surface area (Å²) in [5.74, 6) is 0.755. The smallest absolute Gasteiger partial charge is 0.358 e. The van der Waals surface area contributed by atoms with Crippen LogP contribution in [0.15, 0.2) is 12.4 Å². The highest BCUT2D eigenvalue weighted by atomic mass is 32.2. The molecule has 0 saturated carbocycles. The van der Waals surface area contributed by atoms with Crippen LogP contribution >= 0.6 is 11.8 Å². The highest BCUT2D eigenvalue weighted by Gasteiger charge is 2.12. The molecule has 1 atom stereocenters. The van der Waals surface area contributed by atoms with Crippen molar-refractivity contribution in [3.8, 4) is 0 Å². The number of nitrogens with zero attached hydrogens (tertiary/aromatic N) is 2. The van der Waals surface area contributed by atoms with Crippen LogP contribution in [0.5, 0.6) is 0 Å². The van der Waals surface area contributed by atoms with Crippen LogP contribution in [0.3, 0.4) is 0 Å². The van der Waals surface area contributed by atoms with Gasteiger partial charge in [0.15, 0.2) is 11.5 Å². The molecule has 1 aromatic rings. The van der Waals surface area contributed by atoms with E-state index < -0.39 is 5.97 Å². The van der Waals surface area contributed by atoms with E-state index in [1.165, 1.54) is 12.4 Å². The molecule has 1 aromatic heterocycles. The van der Waals surface area contributed by atoms with Crippen molar-refractivity contribution in [3.63, 3.8) is 0 Å². The zero-order valence-electron chi connectivity index (χ0n) is 9.30. The van der Waals surface area contributed by atoms with Crippen LogP contribution in [0.1, 0.15) is 17.4 Å². The van der Waals surface area contributed by atoms with Gasteiger partial charge in [-0.1, -0.05) is 6.92 Å². The molecule has 5 nitrogen and oxygen atoms in total. The third kappa shape index (κ3) is 3.69. The van der Waals surface area contributed by atoms with E-state index in [4.69, 9.17) is 5.11 Å². The first kappa shape index (κ1) is 12.8. The normalized spacial score (nSPS) is 12.1. The molecule has 0 radical (unpaired) electrons. The molecule has 0 aliphatic rings. The number of carbonyl (C=O) groups is 1. The summed E-state index contributed by atoms with van der Waals surface area (Å²) in [4.78, 5) is 18.6. The van der Waals surface area contributed by atoms with Gasteiger partial charge in [-0.05, 0) is 17.9 Å². The number of hydrogen-bond donors (Lipinski definition) is 2. The molecule has 0 aromatic carbocycles. The molecule has 0 aliphatic carbocycles. The molecular formula is C10H15N3O2S. The van der Waals surface area contributed by atoms with Gasteiger partial charge in [-0.3, -0.25) is 0 Å². The number of aromatic nitrogens is 2. The predicted octanol–water partition coefficient (Wildman–Crippen LogP) is 1.59. The second kappa shape index (κ2) is 6.32. The van der Waals surface area contributed by atoms with Crippen molar-refractivity contribution < 1.29 is 9.90 Å². The summed E-state index contributed by atoms with van der Waals surface area (Å²) in [6.45, 7) is 2.79. The van der Waals surface area contributed by atoms with Crippen LogP contribution in [0, 0.1) is 5.92 Å². The van der Waals surface area contributed by atoms with Gasteiger partial charge in [0, 0.05) is 18.9 Å². The highest BCUT2D eigenvalue weighted by molar-refractivity contribution is 7.98. The maximum absolute atomic E-state index is 10.8. The predicted molar refractivity (Wildman–Crippen MR) is 65.0 cm³/mol. The lowest BCUT2D eigenvalue weighted by molar-refractivity contribution is 0.0691. The second-order valence-electron chi connectivity index (χ2n) is 3.50. The van der Waals surface area contributed by atoms with Crippen LogP contribution < -0.4 is 5.32 Å². The van der Waals surface area contributed by atoms with Crippen LogP contribution in [-0.2, 0) is 0 Å². The maximum atomic E-state index is 10.8. The molecule has 0 bridgehead atoms. The quantitative estimate of drug-likeness (QED) is 0.787. The van der Waals surface area contributed by atoms with E-state index in [2.05, 4.69) is 22.2 Å². The summed E-state index contributed by atoms with van der Waals surface area (Å²) in [5.41, 5.74) is -0.0288. The van der Waals surface area contributed by atoms with E-state index in [0.29, 0.717) is 18.3 Å². The minimum absolute atomic E-state index is 0.0288. The van der Waals surface area contributed by atoms with Crippen LogP contribution in [0.2, 0.25) is 0 Å². The molecule has 1 rings (SSSR count). The summed E-state index contributed by atoms with van der Waals surface area (Å²) < 4.78 is 0. The van der Waals surface area contributed by atoms with Gasteiger partial charge in [-0.2, -0.15) is 11.8 Å². The largest absolute Gasteiger partial charge is 0.476 e. The molecule has 88 valence electrons. The Morgan fingerprint density at radius 1 is 1.56 bits per heavy atom. The molecular weight excluding hydrogens is 226 g/mol. The zero-order valence-corrected chi connectivity index (χ0v) is 10.1. The summed E-state index contributed by atoms with van der Waals surface area (Å²) in [7, 11) is 0. The number of thioether (sulfide) groups is 1. The lowest BCUT2D eigenvalue weighted by Gasteiger charge is -2.12. The fourth-order valence-electron chi connectivity index (χ4n) is 1.24. The Morgan fingerprint density at radius 2 is 2.25 bits per heavy atom. The van der Waals surface area contributed by atoms with Gasteiger partial charge >= 0.3 is 5.97 Å². The molecule has 0 saturated heterocycles.